The Balaban J connectivity index is 1.83. The van der Waals surface area contributed by atoms with E-state index < -0.39 is 0 Å². The third kappa shape index (κ3) is 4.74. The monoisotopic (exact) mass is 290 g/mol. The van der Waals surface area contributed by atoms with Gasteiger partial charge < -0.3 is 15.8 Å². The van der Waals surface area contributed by atoms with Crippen LogP contribution in [0.5, 0.6) is 5.75 Å². The molecule has 2 rings (SSSR count). The van der Waals surface area contributed by atoms with Gasteiger partial charge in [0.1, 0.15) is 5.75 Å². The van der Waals surface area contributed by atoms with Gasteiger partial charge in [-0.2, -0.15) is 0 Å². The summed E-state index contributed by atoms with van der Waals surface area (Å²) in [7, 11) is 1.68. The van der Waals surface area contributed by atoms with E-state index in [0.29, 0.717) is 18.9 Å². The van der Waals surface area contributed by atoms with Crippen LogP contribution in [0.2, 0.25) is 0 Å². The molecule has 0 aromatic heterocycles. The Morgan fingerprint density at radius 3 is 2.76 bits per heavy atom. The van der Waals surface area contributed by atoms with Crippen molar-refractivity contribution in [2.45, 2.75) is 38.6 Å². The summed E-state index contributed by atoms with van der Waals surface area (Å²) in [5, 5.41) is 3.08. The molecule has 1 aromatic carbocycles. The van der Waals surface area contributed by atoms with Crippen molar-refractivity contribution in [3.63, 3.8) is 0 Å². The molecular formula is C17H26N2O2. The number of para-hydroxylation sites is 1. The Kier molecular flexibility index (Phi) is 5.62. The predicted octanol–water partition coefficient (Wildman–Crippen LogP) is 2.12. The molecule has 3 N–H and O–H groups in total. The van der Waals surface area contributed by atoms with Gasteiger partial charge in [0.2, 0.25) is 5.91 Å². The van der Waals surface area contributed by atoms with Gasteiger partial charge in [-0.05, 0) is 42.7 Å². The van der Waals surface area contributed by atoms with Crippen LogP contribution in [0.15, 0.2) is 24.3 Å². The fraction of sp³-hybridized carbons (Fsp3) is 0.588. The van der Waals surface area contributed by atoms with Crippen molar-refractivity contribution in [3.8, 4) is 5.75 Å². The quantitative estimate of drug-likeness (QED) is 0.771. The first-order chi connectivity index (χ1) is 10.1. The lowest BCUT2D eigenvalue weighted by Crippen LogP contribution is -2.42. The van der Waals surface area contributed by atoms with Crippen LogP contribution in [0.25, 0.3) is 0 Å². The topological polar surface area (TPSA) is 64.3 Å². The molecular weight excluding hydrogens is 264 g/mol. The minimum atomic E-state index is 0.111. The van der Waals surface area contributed by atoms with E-state index in [1.165, 1.54) is 12.8 Å². The first kappa shape index (κ1) is 15.8. The van der Waals surface area contributed by atoms with Gasteiger partial charge in [-0.1, -0.05) is 25.1 Å². The molecule has 0 saturated heterocycles. The molecule has 4 heteroatoms. The van der Waals surface area contributed by atoms with Crippen LogP contribution in [0.3, 0.4) is 0 Å². The zero-order chi connectivity index (χ0) is 15.2. The van der Waals surface area contributed by atoms with E-state index in [2.05, 4.69) is 18.3 Å². The van der Waals surface area contributed by atoms with E-state index in [1.807, 2.05) is 18.2 Å². The maximum Gasteiger partial charge on any atom is 0.220 e. The molecule has 0 bridgehead atoms. The fourth-order valence-corrected chi connectivity index (χ4v) is 2.77. The number of rotatable bonds is 8. The van der Waals surface area contributed by atoms with Crippen molar-refractivity contribution in [3.05, 3.63) is 29.8 Å². The molecule has 116 valence electrons. The van der Waals surface area contributed by atoms with Crippen molar-refractivity contribution in [2.75, 3.05) is 13.7 Å². The summed E-state index contributed by atoms with van der Waals surface area (Å²) < 4.78 is 5.36. The summed E-state index contributed by atoms with van der Waals surface area (Å²) in [5.41, 5.74) is 6.87. The van der Waals surface area contributed by atoms with E-state index in [4.69, 9.17) is 10.5 Å². The highest BCUT2D eigenvalue weighted by molar-refractivity contribution is 5.76. The standard InChI is InChI=1S/C17H26N2O2/c1-12(9-14-5-3-4-6-16(14)21-2)10-17(20)19-15(11-18)13-7-8-13/h3-6,12-13,15H,7-11,18H2,1-2H3,(H,19,20). The molecule has 4 nitrogen and oxygen atoms in total. The molecule has 1 fully saturated rings. The number of hydrogen-bond donors (Lipinski definition) is 2. The third-order valence-electron chi connectivity index (χ3n) is 4.09. The molecule has 1 aromatic rings. The maximum atomic E-state index is 12.1. The van der Waals surface area contributed by atoms with Gasteiger partial charge in [0.25, 0.3) is 0 Å². The number of ether oxygens (including phenoxy) is 1. The molecule has 0 radical (unpaired) electrons. The molecule has 1 aliphatic rings. The van der Waals surface area contributed by atoms with E-state index in [-0.39, 0.29) is 17.9 Å². The maximum absolute atomic E-state index is 12.1. The lowest BCUT2D eigenvalue weighted by molar-refractivity contribution is -0.122. The summed E-state index contributed by atoms with van der Waals surface area (Å²) >= 11 is 0. The van der Waals surface area contributed by atoms with Gasteiger partial charge in [-0.25, -0.2) is 0 Å². The Morgan fingerprint density at radius 2 is 2.14 bits per heavy atom. The zero-order valence-electron chi connectivity index (χ0n) is 13.0. The van der Waals surface area contributed by atoms with Crippen LogP contribution in [-0.4, -0.2) is 25.6 Å². The minimum absolute atomic E-state index is 0.111. The van der Waals surface area contributed by atoms with Gasteiger partial charge in [0.05, 0.1) is 7.11 Å². The number of carbonyl (C=O) groups is 1. The van der Waals surface area contributed by atoms with Gasteiger partial charge in [-0.15, -0.1) is 0 Å². The highest BCUT2D eigenvalue weighted by atomic mass is 16.5. The van der Waals surface area contributed by atoms with Crippen molar-refractivity contribution in [2.24, 2.45) is 17.6 Å². The Labute approximate surface area is 127 Å². The van der Waals surface area contributed by atoms with Crippen LogP contribution >= 0.6 is 0 Å². The van der Waals surface area contributed by atoms with E-state index in [1.54, 1.807) is 7.11 Å². The zero-order valence-corrected chi connectivity index (χ0v) is 13.0. The number of nitrogens with two attached hydrogens (primary N) is 1. The first-order valence-electron chi connectivity index (χ1n) is 7.75. The van der Waals surface area contributed by atoms with Crippen LogP contribution in [0.1, 0.15) is 31.7 Å². The van der Waals surface area contributed by atoms with E-state index in [9.17, 15) is 4.79 Å². The molecule has 0 spiro atoms. The number of amides is 1. The minimum Gasteiger partial charge on any atom is -0.496 e. The molecule has 0 aliphatic heterocycles. The fourth-order valence-electron chi connectivity index (χ4n) is 2.77. The molecule has 21 heavy (non-hydrogen) atoms. The smallest absolute Gasteiger partial charge is 0.220 e. The Morgan fingerprint density at radius 1 is 1.43 bits per heavy atom. The van der Waals surface area contributed by atoms with Crippen LogP contribution in [0.4, 0.5) is 0 Å². The second kappa shape index (κ2) is 7.46. The summed E-state index contributed by atoms with van der Waals surface area (Å²) in [4.78, 5) is 12.1. The lowest BCUT2D eigenvalue weighted by Gasteiger charge is -2.18. The molecule has 2 atom stereocenters. The number of methoxy groups -OCH3 is 1. The highest BCUT2D eigenvalue weighted by Gasteiger charge is 2.31. The highest BCUT2D eigenvalue weighted by Crippen LogP contribution is 2.32. The third-order valence-corrected chi connectivity index (χ3v) is 4.09. The molecule has 2 unspecified atom stereocenters. The van der Waals surface area contributed by atoms with Gasteiger partial charge in [0, 0.05) is 19.0 Å². The summed E-state index contributed by atoms with van der Waals surface area (Å²) in [6, 6.07) is 8.14. The van der Waals surface area contributed by atoms with Gasteiger partial charge in [0.15, 0.2) is 0 Å². The van der Waals surface area contributed by atoms with Crippen molar-refractivity contribution in [1.82, 2.24) is 5.32 Å². The van der Waals surface area contributed by atoms with Crippen molar-refractivity contribution in [1.29, 1.82) is 0 Å². The summed E-state index contributed by atoms with van der Waals surface area (Å²) in [6.45, 7) is 2.64. The van der Waals surface area contributed by atoms with Gasteiger partial charge in [-0.3, -0.25) is 4.79 Å². The Bertz CT molecular complexity index is 472. The molecule has 1 aliphatic carbocycles. The molecule has 1 amide bonds. The van der Waals surface area contributed by atoms with E-state index in [0.717, 1.165) is 17.7 Å². The van der Waals surface area contributed by atoms with Crippen molar-refractivity contribution < 1.29 is 9.53 Å². The normalized spacial score (nSPS) is 17.1. The van der Waals surface area contributed by atoms with Crippen molar-refractivity contribution >= 4 is 5.91 Å². The lowest BCUT2D eigenvalue weighted by atomic mass is 9.97. The summed E-state index contributed by atoms with van der Waals surface area (Å²) in [5.74, 6) is 1.88. The second-order valence-electron chi connectivity index (χ2n) is 6.07. The summed E-state index contributed by atoms with van der Waals surface area (Å²) in [6.07, 6.45) is 3.76. The SMILES string of the molecule is COc1ccccc1CC(C)CC(=O)NC(CN)C1CC1. The average molecular weight is 290 g/mol. The molecule has 1 saturated carbocycles. The number of nitrogens with one attached hydrogen (secondary N) is 1. The predicted molar refractivity (Wildman–Crippen MR) is 84.2 cm³/mol. The van der Waals surface area contributed by atoms with Crippen LogP contribution in [-0.2, 0) is 11.2 Å². The first-order valence-corrected chi connectivity index (χ1v) is 7.75. The average Bonchev–Trinajstić information content (AvgIpc) is 3.29. The van der Waals surface area contributed by atoms with E-state index >= 15 is 0 Å². The van der Waals surface area contributed by atoms with Crippen LogP contribution in [0, 0.1) is 11.8 Å². The van der Waals surface area contributed by atoms with Crippen LogP contribution < -0.4 is 15.8 Å². The largest absolute Gasteiger partial charge is 0.496 e. The Hall–Kier alpha value is -1.55. The number of benzene rings is 1. The second-order valence-corrected chi connectivity index (χ2v) is 6.07. The molecule has 0 heterocycles. The number of carbonyl (C=O) groups excluding carboxylic acids is 1. The number of hydrogen-bond acceptors (Lipinski definition) is 3. The van der Waals surface area contributed by atoms with Gasteiger partial charge >= 0.3 is 0 Å².